The molecule has 0 radical (unpaired) electrons. The molecule has 0 saturated heterocycles. The van der Waals surface area contributed by atoms with Gasteiger partial charge < -0.3 is 19.5 Å². The van der Waals surface area contributed by atoms with Crippen molar-refractivity contribution in [3.8, 4) is 5.75 Å². The highest BCUT2D eigenvalue weighted by Crippen LogP contribution is 2.49. The molecule has 1 saturated carbocycles. The maximum Gasteiger partial charge on any atom is 0.433 e. The van der Waals surface area contributed by atoms with Gasteiger partial charge in [0.05, 0.1) is 34.8 Å². The van der Waals surface area contributed by atoms with Gasteiger partial charge in [0.1, 0.15) is 17.4 Å². The number of hydrogen-bond donors (Lipinski definition) is 1. The molecule has 11 heteroatoms. The zero-order valence-corrected chi connectivity index (χ0v) is 25.3. The van der Waals surface area contributed by atoms with Crippen molar-refractivity contribution in [1.82, 2.24) is 9.78 Å². The van der Waals surface area contributed by atoms with Crippen LogP contribution in [0.15, 0.2) is 60.4 Å². The molecule has 3 aromatic rings. The van der Waals surface area contributed by atoms with E-state index in [1.807, 2.05) is 55.1 Å². The third kappa shape index (κ3) is 6.10. The Morgan fingerprint density at radius 1 is 1.17 bits per heavy atom. The Hall–Kier alpha value is -2.69. The maximum atomic E-state index is 14.5. The van der Waals surface area contributed by atoms with Crippen molar-refractivity contribution in [1.29, 1.82) is 0 Å². The van der Waals surface area contributed by atoms with E-state index in [4.69, 9.17) is 21.1 Å². The zero-order chi connectivity index (χ0) is 29.5. The molecule has 2 aromatic carbocycles. The van der Waals surface area contributed by atoms with E-state index in [1.54, 1.807) is 19.1 Å². The molecule has 1 aliphatic carbocycles. The highest BCUT2D eigenvalue weighted by Gasteiger charge is 2.48. The molecule has 1 N–H and O–H groups in total. The maximum absolute atomic E-state index is 14.5. The monoisotopic (exact) mass is 653 g/mol. The van der Waals surface area contributed by atoms with E-state index in [0.29, 0.717) is 35.2 Å². The topological polar surface area (TPSA) is 59.8 Å². The number of hydrogen-bond acceptors (Lipinski definition) is 5. The molecule has 220 valence electrons. The summed E-state index contributed by atoms with van der Waals surface area (Å²) in [6.07, 6.45) is -3.17. The van der Waals surface area contributed by atoms with Gasteiger partial charge >= 0.3 is 6.18 Å². The van der Waals surface area contributed by atoms with Crippen LogP contribution in [0.4, 0.5) is 18.9 Å². The van der Waals surface area contributed by atoms with Gasteiger partial charge in [-0.3, -0.25) is 4.68 Å². The van der Waals surface area contributed by atoms with Gasteiger partial charge in [-0.25, -0.2) is 0 Å². The lowest BCUT2D eigenvalue weighted by Gasteiger charge is -2.41. The van der Waals surface area contributed by atoms with Gasteiger partial charge in [0, 0.05) is 11.8 Å². The Morgan fingerprint density at radius 2 is 1.88 bits per heavy atom. The van der Waals surface area contributed by atoms with Crippen molar-refractivity contribution < 1.29 is 27.8 Å². The van der Waals surface area contributed by atoms with Crippen molar-refractivity contribution in [2.75, 3.05) is 10.2 Å². The number of rotatable bonds is 9. The van der Waals surface area contributed by atoms with Crippen molar-refractivity contribution in [2.24, 2.45) is 5.92 Å². The van der Waals surface area contributed by atoms with E-state index in [2.05, 4.69) is 21.0 Å². The second kappa shape index (κ2) is 11.5. The number of anilines is 1. The summed E-state index contributed by atoms with van der Waals surface area (Å²) in [5.74, 6) is 0.736. The van der Waals surface area contributed by atoms with E-state index in [-0.39, 0.29) is 35.4 Å². The van der Waals surface area contributed by atoms with Crippen LogP contribution in [0.3, 0.4) is 0 Å². The second-order valence-electron chi connectivity index (χ2n) is 11.3. The molecule has 0 bridgehead atoms. The first-order valence-corrected chi connectivity index (χ1v) is 15.0. The number of nitrogens with zero attached hydrogens (tertiary/aromatic N) is 3. The molecular weight excluding hydrogens is 623 g/mol. The number of halogens is 5. The minimum atomic E-state index is -4.69. The summed E-state index contributed by atoms with van der Waals surface area (Å²) in [6.45, 7) is 5.97. The minimum absolute atomic E-state index is 0.101. The second-order valence-corrected chi connectivity index (χ2v) is 12.2. The van der Waals surface area contributed by atoms with Gasteiger partial charge in [-0.2, -0.15) is 18.3 Å². The number of alkyl halides is 4. The quantitative estimate of drug-likeness (QED) is 0.236. The predicted octanol–water partition coefficient (Wildman–Crippen LogP) is 8.19. The molecule has 2 heterocycles. The number of aromatic nitrogens is 2. The summed E-state index contributed by atoms with van der Waals surface area (Å²) < 4.78 is 57.0. The van der Waals surface area contributed by atoms with Crippen LogP contribution in [0, 0.1) is 5.92 Å². The fraction of sp³-hybridized carbons (Fsp3) is 0.433. The third-order valence-electron chi connectivity index (χ3n) is 7.34. The smallest absolute Gasteiger partial charge is 0.433 e. The number of benzene rings is 2. The Morgan fingerprint density at radius 3 is 2.49 bits per heavy atom. The number of allylic oxidation sites excluding steroid dienone is 1. The number of ether oxygens (including phenoxy) is 2. The predicted molar refractivity (Wildman–Crippen MR) is 156 cm³/mol. The Balaban J connectivity index is 1.56. The highest BCUT2D eigenvalue weighted by molar-refractivity contribution is 9.09. The molecule has 1 unspecified atom stereocenters. The Kier molecular flexibility index (Phi) is 8.38. The largest absolute Gasteiger partial charge is 0.487 e. The van der Waals surface area contributed by atoms with Crippen LogP contribution < -0.4 is 9.64 Å². The lowest BCUT2D eigenvalue weighted by atomic mass is 9.77. The van der Waals surface area contributed by atoms with Crippen molar-refractivity contribution >= 4 is 39.0 Å². The van der Waals surface area contributed by atoms with E-state index < -0.39 is 29.7 Å². The van der Waals surface area contributed by atoms with Crippen LogP contribution in [0.1, 0.15) is 62.9 Å². The summed E-state index contributed by atoms with van der Waals surface area (Å²) in [6, 6.07) is 14.5. The molecule has 6 nitrogen and oxygen atoms in total. The molecule has 2 aliphatic rings. The van der Waals surface area contributed by atoms with Crippen LogP contribution in [-0.2, 0) is 17.5 Å². The molecule has 1 aromatic heterocycles. The molecule has 1 aliphatic heterocycles. The molecule has 1 fully saturated rings. The summed E-state index contributed by atoms with van der Waals surface area (Å²) >= 11 is 10.4. The first-order chi connectivity index (χ1) is 19.4. The zero-order valence-electron chi connectivity index (χ0n) is 23.0. The van der Waals surface area contributed by atoms with Crippen LogP contribution >= 0.6 is 27.5 Å². The molecule has 41 heavy (non-hydrogen) atoms. The van der Waals surface area contributed by atoms with Crippen LogP contribution in [0.5, 0.6) is 5.75 Å². The summed E-state index contributed by atoms with van der Waals surface area (Å²) in [5, 5.41) is 14.9. The van der Waals surface area contributed by atoms with E-state index in [0.717, 1.165) is 10.2 Å². The van der Waals surface area contributed by atoms with Gasteiger partial charge in [-0.05, 0) is 43.4 Å². The lowest BCUT2D eigenvalue weighted by molar-refractivity contribution is -0.149. The van der Waals surface area contributed by atoms with E-state index in [1.165, 1.54) is 6.20 Å². The van der Waals surface area contributed by atoms with E-state index >= 15 is 0 Å². The summed E-state index contributed by atoms with van der Waals surface area (Å²) in [5.41, 5.74) is 0.0219. The highest BCUT2D eigenvalue weighted by atomic mass is 79.9. The molecule has 0 amide bonds. The van der Waals surface area contributed by atoms with Crippen molar-refractivity contribution in [3.63, 3.8) is 0 Å². The Bertz CT molecular complexity index is 1420. The SMILES string of the molecule is CC(C)CC1OC(c2cnn(C3CC(C)(O)C3)c2C(F)(F)F)=C(CBr)N1c1cccc(OCc2ccccc2)c1Cl. The fourth-order valence-electron chi connectivity index (χ4n) is 5.49. The molecule has 5 rings (SSSR count). The molecular formula is C30H32BrClF3N3O3. The molecule has 0 spiro atoms. The van der Waals surface area contributed by atoms with Crippen molar-refractivity contribution in [2.45, 2.75) is 70.7 Å². The summed E-state index contributed by atoms with van der Waals surface area (Å²) in [7, 11) is 0. The van der Waals surface area contributed by atoms with Crippen LogP contribution in [0.25, 0.3) is 5.76 Å². The standard InChI is InChI=1S/C30H32BrClF3N3O3/c1-18(2)12-25-37(22-10-7-11-24(26(22)32)40-17-19-8-5-4-6-9-19)23(15-31)27(41-25)21-16-36-38(28(21)30(33,34)35)20-13-29(3,39)14-20/h4-11,16,18,20,25,39H,12-15,17H2,1-3H3. The first kappa shape index (κ1) is 29.8. The van der Waals surface area contributed by atoms with E-state index in [9.17, 15) is 18.3 Å². The van der Waals surface area contributed by atoms with Gasteiger partial charge in [0.25, 0.3) is 0 Å². The van der Waals surface area contributed by atoms with Crippen LogP contribution in [0.2, 0.25) is 5.02 Å². The Labute approximate surface area is 250 Å². The van der Waals surface area contributed by atoms with Gasteiger partial charge in [0.15, 0.2) is 17.7 Å². The lowest BCUT2D eigenvalue weighted by Crippen LogP contribution is -2.43. The van der Waals surface area contributed by atoms with Gasteiger partial charge in [-0.1, -0.05) is 77.8 Å². The number of aliphatic hydroxyl groups is 1. The molecule has 1 atom stereocenters. The average molecular weight is 655 g/mol. The van der Waals surface area contributed by atoms with Gasteiger partial charge in [0.2, 0.25) is 0 Å². The first-order valence-electron chi connectivity index (χ1n) is 13.5. The fourth-order valence-corrected chi connectivity index (χ4v) is 6.29. The van der Waals surface area contributed by atoms with Crippen LogP contribution in [-0.4, -0.2) is 32.0 Å². The average Bonchev–Trinajstić information content (AvgIpc) is 3.48. The normalized spacial score (nSPS) is 22.7. The summed E-state index contributed by atoms with van der Waals surface area (Å²) in [4.78, 5) is 1.85. The van der Waals surface area contributed by atoms with Gasteiger partial charge in [-0.15, -0.1) is 0 Å². The minimum Gasteiger partial charge on any atom is -0.487 e. The third-order valence-corrected chi connectivity index (χ3v) is 8.25. The van der Waals surface area contributed by atoms with Crippen molar-refractivity contribution in [3.05, 3.63) is 82.3 Å².